The predicted molar refractivity (Wildman–Crippen MR) is 132 cm³/mol. The molecule has 6 rings (SSSR count). The Morgan fingerprint density at radius 1 is 1.07 bits per heavy atom. The van der Waals surface area contributed by atoms with Gasteiger partial charge in [0, 0.05) is 11.4 Å². The molecule has 1 saturated heterocycles. The quantitative estimate of drug-likeness (QED) is 0.351. The summed E-state index contributed by atoms with van der Waals surface area (Å²) in [7, 11) is 0. The fourth-order valence-corrected chi connectivity index (χ4v) is 5.64. The number of benzene rings is 1. The minimum absolute atomic E-state index is 0.0366. The number of halogens is 6. The van der Waals surface area contributed by atoms with Crippen LogP contribution in [0.25, 0.3) is 21.9 Å². The molecule has 214 valence electrons. The lowest BCUT2D eigenvalue weighted by Crippen LogP contribution is -2.46. The van der Waals surface area contributed by atoms with Gasteiger partial charge in [-0.1, -0.05) is 0 Å². The number of carbonyl (C=O) groups excluding carboxylic acids is 2. The molecule has 4 aromatic rings. The Morgan fingerprint density at radius 3 is 2.54 bits per heavy atom. The molecular weight excluding hydrogens is 558 g/mol. The number of hydrogen-bond donors (Lipinski definition) is 2. The number of likely N-dealkylation sites (tertiary alicyclic amines) is 1. The molecular formula is C25H20F6N8O2. The van der Waals surface area contributed by atoms with Crippen molar-refractivity contribution in [2.24, 2.45) is 5.92 Å². The number of rotatable bonds is 4. The summed E-state index contributed by atoms with van der Waals surface area (Å²) in [6.07, 6.45) is -5.82. The third kappa shape index (κ3) is 4.56. The number of nitrogen functional groups attached to an aromatic ring is 1. The molecule has 0 radical (unpaired) electrons. The molecule has 0 spiro atoms. The summed E-state index contributed by atoms with van der Waals surface area (Å²) in [6.45, 7) is 1.10. The maximum absolute atomic E-state index is 13.7. The average Bonchev–Trinajstić information content (AvgIpc) is 3.42. The van der Waals surface area contributed by atoms with Crippen LogP contribution >= 0.6 is 0 Å². The minimum atomic E-state index is -4.76. The van der Waals surface area contributed by atoms with Crippen molar-refractivity contribution in [2.45, 2.75) is 50.7 Å². The van der Waals surface area contributed by atoms with E-state index in [9.17, 15) is 35.9 Å². The molecule has 2 fully saturated rings. The van der Waals surface area contributed by atoms with Gasteiger partial charge in [0.15, 0.2) is 11.5 Å². The van der Waals surface area contributed by atoms with Gasteiger partial charge in [0.05, 0.1) is 28.9 Å². The first-order chi connectivity index (χ1) is 19.2. The first-order valence-electron chi connectivity index (χ1n) is 12.4. The molecule has 1 saturated carbocycles. The largest absolute Gasteiger partial charge is 0.434 e. The minimum Gasteiger partial charge on any atom is -0.383 e. The molecule has 41 heavy (non-hydrogen) atoms. The lowest BCUT2D eigenvalue weighted by molar-refractivity contribution is -0.141. The number of nitrogens with zero attached hydrogens (tertiary/aromatic N) is 6. The molecule has 10 nitrogen and oxygen atoms in total. The summed E-state index contributed by atoms with van der Waals surface area (Å²) < 4.78 is 81.3. The first-order valence-corrected chi connectivity index (χ1v) is 12.4. The lowest BCUT2D eigenvalue weighted by Gasteiger charge is -2.27. The van der Waals surface area contributed by atoms with E-state index in [1.165, 1.54) is 16.4 Å². The van der Waals surface area contributed by atoms with E-state index in [1.54, 1.807) is 0 Å². The third-order valence-electron chi connectivity index (χ3n) is 7.44. The van der Waals surface area contributed by atoms with E-state index in [4.69, 9.17) is 5.73 Å². The van der Waals surface area contributed by atoms with Crippen LogP contribution in [0.2, 0.25) is 0 Å². The number of carbonyl (C=O) groups is 2. The van der Waals surface area contributed by atoms with Crippen molar-refractivity contribution < 1.29 is 35.9 Å². The normalized spacial score (nSPS) is 20.5. The van der Waals surface area contributed by atoms with E-state index in [-0.39, 0.29) is 46.3 Å². The van der Waals surface area contributed by atoms with Gasteiger partial charge in [-0.2, -0.15) is 26.3 Å². The molecule has 3 aromatic heterocycles. The first kappa shape index (κ1) is 26.7. The predicted octanol–water partition coefficient (Wildman–Crippen LogP) is 3.93. The van der Waals surface area contributed by atoms with Crippen molar-refractivity contribution in [3.05, 3.63) is 47.7 Å². The lowest BCUT2D eigenvalue weighted by atomic mass is 10.1. The zero-order chi connectivity index (χ0) is 29.4. The van der Waals surface area contributed by atoms with Crippen LogP contribution in [-0.2, 0) is 28.5 Å². The van der Waals surface area contributed by atoms with Gasteiger partial charge in [0.1, 0.15) is 30.4 Å². The molecule has 1 unspecified atom stereocenters. The van der Waals surface area contributed by atoms with Gasteiger partial charge >= 0.3 is 12.4 Å². The SMILES string of the molecule is Cc1cc(C(F)(F)F)cc2c3c(N)ncnc3n(CC(=O)N3C4C[C@@H]4C[C@H]3C(=O)Nc3cncc(C(F)(F)F)n3)c12. The van der Waals surface area contributed by atoms with Crippen molar-refractivity contribution in [2.75, 3.05) is 11.1 Å². The summed E-state index contributed by atoms with van der Waals surface area (Å²) in [4.78, 5) is 43.2. The van der Waals surface area contributed by atoms with Gasteiger partial charge in [-0.25, -0.2) is 15.0 Å². The molecule has 3 N–H and O–H groups in total. The zero-order valence-electron chi connectivity index (χ0n) is 21.1. The van der Waals surface area contributed by atoms with Crippen molar-refractivity contribution in [3.8, 4) is 0 Å². The Morgan fingerprint density at radius 2 is 1.83 bits per heavy atom. The van der Waals surface area contributed by atoms with E-state index in [1.807, 2.05) is 0 Å². The highest BCUT2D eigenvalue weighted by Gasteiger charge is 2.56. The monoisotopic (exact) mass is 578 g/mol. The second-order valence-electron chi connectivity index (χ2n) is 10.1. The Hall–Kier alpha value is -4.50. The van der Waals surface area contributed by atoms with E-state index in [0.717, 1.165) is 24.7 Å². The van der Waals surface area contributed by atoms with Gasteiger partial charge in [-0.15, -0.1) is 0 Å². The maximum atomic E-state index is 13.7. The number of aryl methyl sites for hydroxylation is 1. The van der Waals surface area contributed by atoms with Gasteiger partial charge in [0.2, 0.25) is 11.8 Å². The van der Waals surface area contributed by atoms with Crippen molar-refractivity contribution >= 4 is 45.4 Å². The molecule has 1 aliphatic heterocycles. The highest BCUT2D eigenvalue weighted by atomic mass is 19.4. The molecule has 1 aromatic carbocycles. The summed E-state index contributed by atoms with van der Waals surface area (Å²) in [5.74, 6) is -1.68. The third-order valence-corrected chi connectivity index (χ3v) is 7.44. The molecule has 1 aliphatic carbocycles. The number of nitrogens with one attached hydrogen (secondary N) is 1. The van der Waals surface area contributed by atoms with Crippen LogP contribution in [0.1, 0.15) is 29.7 Å². The Labute approximate surface area is 226 Å². The number of fused-ring (bicyclic) bond motifs is 4. The molecule has 3 atom stereocenters. The number of anilines is 2. The fourth-order valence-electron chi connectivity index (χ4n) is 5.64. The average molecular weight is 578 g/mol. The standard InChI is InChI=1S/C25H20F6N8O2/c1-10-2-12(24(26,27)28)5-13-19-21(32)34-9-35-22(19)38(20(10)13)8-18(40)39-14-3-11(14)4-15(39)23(41)37-17-7-33-6-16(36-17)25(29,30)31/h2,5-7,9,11,14-15H,3-4,8H2,1H3,(H2,32,34,35)(H,36,37,41)/t11-,14?,15+/m1/s1. The van der Waals surface area contributed by atoms with Gasteiger partial charge in [0.25, 0.3) is 0 Å². The van der Waals surface area contributed by atoms with E-state index in [0.29, 0.717) is 24.6 Å². The van der Waals surface area contributed by atoms with Gasteiger partial charge in [-0.05, 0) is 43.4 Å². The highest BCUT2D eigenvalue weighted by molar-refractivity contribution is 6.13. The van der Waals surface area contributed by atoms with Crippen LogP contribution in [0, 0.1) is 12.8 Å². The number of nitrogens with two attached hydrogens (primary N) is 1. The zero-order valence-corrected chi connectivity index (χ0v) is 21.1. The second-order valence-corrected chi connectivity index (χ2v) is 10.1. The van der Waals surface area contributed by atoms with Crippen molar-refractivity contribution in [1.82, 2.24) is 29.4 Å². The Balaban J connectivity index is 1.34. The Bertz CT molecular complexity index is 1730. The smallest absolute Gasteiger partial charge is 0.383 e. The van der Waals surface area contributed by atoms with Crippen molar-refractivity contribution in [1.29, 1.82) is 0 Å². The fraction of sp³-hybridized carbons (Fsp3) is 0.360. The topological polar surface area (TPSA) is 132 Å². The number of hydrogen-bond acceptors (Lipinski definition) is 7. The van der Waals surface area contributed by atoms with E-state index < -0.39 is 47.3 Å². The number of piperidine rings is 1. The van der Waals surface area contributed by atoms with Crippen LogP contribution in [-0.4, -0.2) is 53.3 Å². The highest BCUT2D eigenvalue weighted by Crippen LogP contribution is 2.48. The molecule has 2 amide bonds. The summed E-state index contributed by atoms with van der Waals surface area (Å²) in [5, 5.41) is 2.61. The summed E-state index contributed by atoms with van der Waals surface area (Å²) in [5.41, 5.74) is 4.52. The summed E-state index contributed by atoms with van der Waals surface area (Å²) in [6, 6.07) is 0.653. The molecule has 2 aliphatic rings. The van der Waals surface area contributed by atoms with E-state index >= 15 is 0 Å². The number of amides is 2. The maximum Gasteiger partial charge on any atom is 0.434 e. The molecule has 16 heteroatoms. The van der Waals surface area contributed by atoms with Gasteiger partial charge < -0.3 is 20.5 Å². The van der Waals surface area contributed by atoms with E-state index in [2.05, 4.69) is 25.3 Å². The second kappa shape index (κ2) is 9.01. The van der Waals surface area contributed by atoms with Crippen molar-refractivity contribution in [3.63, 3.8) is 0 Å². The molecule has 4 heterocycles. The van der Waals surface area contributed by atoms with Crippen LogP contribution in [0.15, 0.2) is 30.9 Å². The number of alkyl halides is 6. The number of aromatic nitrogens is 5. The summed E-state index contributed by atoms with van der Waals surface area (Å²) >= 11 is 0. The molecule has 0 bridgehead atoms. The van der Waals surface area contributed by atoms with Gasteiger partial charge in [-0.3, -0.25) is 14.6 Å². The van der Waals surface area contributed by atoms with Crippen LogP contribution in [0.4, 0.5) is 38.0 Å². The van der Waals surface area contributed by atoms with Crippen LogP contribution in [0.5, 0.6) is 0 Å². The van der Waals surface area contributed by atoms with Crippen LogP contribution in [0.3, 0.4) is 0 Å². The Kier molecular flexibility index (Phi) is 5.87. The van der Waals surface area contributed by atoms with Crippen LogP contribution < -0.4 is 11.1 Å².